The number of carbonyl (C=O) groups is 2. The molecule has 0 radical (unpaired) electrons. The molecule has 0 aromatic rings. The van der Waals surface area contributed by atoms with Crippen LogP contribution in [0.2, 0.25) is 0 Å². The van der Waals surface area contributed by atoms with Crippen LogP contribution in [0, 0.1) is 0 Å². The molecule has 0 unspecified atom stereocenters. The summed E-state index contributed by atoms with van der Waals surface area (Å²) in [5.74, 6) is -1.44. The minimum absolute atomic E-state index is 0.00317. The second-order valence-corrected chi connectivity index (χ2v) is 3.12. The van der Waals surface area contributed by atoms with Gasteiger partial charge < -0.3 is 11.5 Å². The van der Waals surface area contributed by atoms with Crippen molar-refractivity contribution in [2.45, 2.75) is 0 Å². The lowest BCUT2D eigenvalue weighted by molar-refractivity contribution is -0.115. The van der Waals surface area contributed by atoms with Gasteiger partial charge in [0.1, 0.15) is 0 Å². The Morgan fingerprint density at radius 3 is 0.938 bits per heavy atom. The van der Waals surface area contributed by atoms with Crippen molar-refractivity contribution in [2.24, 2.45) is 11.5 Å². The second-order valence-electron chi connectivity index (χ2n) is 3.12. The van der Waals surface area contributed by atoms with Crippen molar-refractivity contribution in [1.82, 2.24) is 0 Å². The molecule has 2 amide bonds. The Labute approximate surface area is 94.3 Å². The largest absolute Gasteiger partial charge is 0.366 e. The molecule has 4 N–H and O–H groups in total. The number of primary amides is 2. The van der Waals surface area contributed by atoms with Crippen LogP contribution in [-0.2, 0) is 9.59 Å². The molecule has 0 aromatic heterocycles. The third-order valence-electron chi connectivity index (χ3n) is 2.05. The summed E-state index contributed by atoms with van der Waals surface area (Å²) in [6, 6.07) is 0. The second kappa shape index (κ2) is 4.93. The van der Waals surface area contributed by atoms with Gasteiger partial charge in [0, 0.05) is 11.1 Å². The van der Waals surface area contributed by atoms with E-state index in [2.05, 4.69) is 32.9 Å². The zero-order chi connectivity index (χ0) is 13.0. The van der Waals surface area contributed by atoms with Gasteiger partial charge in [-0.2, -0.15) is 0 Å². The summed E-state index contributed by atoms with van der Waals surface area (Å²) in [5.41, 5.74) is 10.7. The maximum atomic E-state index is 10.8. The first kappa shape index (κ1) is 13.6. The third-order valence-corrected chi connectivity index (χ3v) is 2.05. The number of carbonyl (C=O) groups excluding carboxylic acids is 2. The van der Waals surface area contributed by atoms with Crippen LogP contribution < -0.4 is 11.5 Å². The lowest BCUT2D eigenvalue weighted by Crippen LogP contribution is -2.18. The quantitative estimate of drug-likeness (QED) is 0.509. The summed E-state index contributed by atoms with van der Waals surface area (Å²) in [4.78, 5) is 21.7. The molecule has 0 fully saturated rings. The zero-order valence-electron chi connectivity index (χ0n) is 9.01. The van der Waals surface area contributed by atoms with Gasteiger partial charge in [0.25, 0.3) is 0 Å². The van der Waals surface area contributed by atoms with Crippen molar-refractivity contribution in [2.75, 3.05) is 0 Å². The molecule has 0 atom stereocenters. The molecule has 4 heteroatoms. The Morgan fingerprint density at radius 2 is 0.750 bits per heavy atom. The first-order valence-electron chi connectivity index (χ1n) is 4.25. The molecule has 0 aromatic carbocycles. The lowest BCUT2D eigenvalue weighted by atomic mass is 9.92. The highest BCUT2D eigenvalue weighted by molar-refractivity contribution is 6.00. The fourth-order valence-corrected chi connectivity index (χ4v) is 0.844. The molecule has 4 nitrogen and oxygen atoms in total. The van der Waals surface area contributed by atoms with E-state index in [1.54, 1.807) is 0 Å². The highest BCUT2D eigenvalue weighted by atomic mass is 16.1. The fourth-order valence-electron chi connectivity index (χ4n) is 0.844. The maximum absolute atomic E-state index is 10.8. The highest BCUT2D eigenvalue weighted by Gasteiger charge is 2.15. The summed E-state index contributed by atoms with van der Waals surface area (Å²) in [6.45, 7) is 17.7. The van der Waals surface area contributed by atoms with Crippen molar-refractivity contribution in [3.63, 3.8) is 0 Å². The normalized spacial score (nSPS) is 9.00. The molecule has 0 aliphatic heterocycles. The monoisotopic (exact) mass is 218 g/mol. The van der Waals surface area contributed by atoms with Gasteiger partial charge >= 0.3 is 0 Å². The fraction of sp³-hybridized carbons (Fsp3) is 0. The van der Waals surface area contributed by atoms with E-state index in [-0.39, 0.29) is 27.9 Å². The average Bonchev–Trinajstić information content (AvgIpc) is 2.23. The predicted molar refractivity (Wildman–Crippen MR) is 64.1 cm³/mol. The number of nitrogens with two attached hydrogens (primary N) is 2. The number of hydrogen-bond acceptors (Lipinski definition) is 2. The van der Waals surface area contributed by atoms with Crippen molar-refractivity contribution in [1.29, 1.82) is 0 Å². The van der Waals surface area contributed by atoms with Crippen molar-refractivity contribution in [3.05, 3.63) is 60.8 Å². The van der Waals surface area contributed by atoms with Crippen LogP contribution in [0.3, 0.4) is 0 Å². The summed E-state index contributed by atoms with van der Waals surface area (Å²) in [6.07, 6.45) is 0. The molecule has 0 spiro atoms. The van der Waals surface area contributed by atoms with Crippen LogP contribution in [0.25, 0.3) is 0 Å². The van der Waals surface area contributed by atoms with Crippen molar-refractivity contribution in [3.8, 4) is 0 Å². The Balaban J connectivity index is 4.97. The van der Waals surface area contributed by atoms with Gasteiger partial charge in [0.15, 0.2) is 0 Å². The number of rotatable bonds is 6. The van der Waals surface area contributed by atoms with Crippen LogP contribution in [-0.4, -0.2) is 11.8 Å². The predicted octanol–water partition coefficient (Wildman–Crippen LogP) is 0.738. The minimum Gasteiger partial charge on any atom is -0.366 e. The Bertz CT molecular complexity index is 402. The molecule has 0 saturated heterocycles. The first-order chi connectivity index (χ1) is 7.20. The smallest absolute Gasteiger partial charge is 0.248 e. The molecule has 0 saturated carbocycles. The molecule has 0 aliphatic carbocycles. The standard InChI is InChI=1S/C12H14N2O2/c1-6(7(2)9(4)11(13)15)8(3)10(5)12(14)16/h1-5H2,(H2,13,15)(H2,14,16). The average molecular weight is 218 g/mol. The summed E-state index contributed by atoms with van der Waals surface area (Å²) < 4.78 is 0. The molecule has 0 heterocycles. The van der Waals surface area contributed by atoms with E-state index < -0.39 is 11.8 Å². The Kier molecular flexibility index (Phi) is 4.20. The van der Waals surface area contributed by atoms with Gasteiger partial charge in [0.2, 0.25) is 11.8 Å². The van der Waals surface area contributed by atoms with Gasteiger partial charge in [0.05, 0.1) is 0 Å². The molecule has 84 valence electrons. The van der Waals surface area contributed by atoms with Gasteiger partial charge in [-0.1, -0.05) is 32.9 Å². The van der Waals surface area contributed by atoms with Crippen LogP contribution in [0.1, 0.15) is 0 Å². The van der Waals surface area contributed by atoms with E-state index in [0.717, 1.165) is 0 Å². The van der Waals surface area contributed by atoms with Gasteiger partial charge in [-0.05, 0) is 16.7 Å². The van der Waals surface area contributed by atoms with Crippen LogP contribution in [0.5, 0.6) is 0 Å². The van der Waals surface area contributed by atoms with E-state index in [1.165, 1.54) is 0 Å². The van der Waals surface area contributed by atoms with E-state index >= 15 is 0 Å². The SMILES string of the molecule is C=C(C(=C)C(=C)C(N)=O)C(=C)C(=C)C(N)=O. The first-order valence-corrected chi connectivity index (χ1v) is 4.25. The third kappa shape index (κ3) is 2.81. The van der Waals surface area contributed by atoms with Crippen molar-refractivity contribution < 1.29 is 9.59 Å². The van der Waals surface area contributed by atoms with Gasteiger partial charge in [-0.3, -0.25) is 9.59 Å². The maximum Gasteiger partial charge on any atom is 0.248 e. The topological polar surface area (TPSA) is 86.2 Å². The minimum atomic E-state index is -0.719. The highest BCUT2D eigenvalue weighted by Crippen LogP contribution is 2.24. The number of amides is 2. The van der Waals surface area contributed by atoms with E-state index in [1.807, 2.05) is 0 Å². The lowest BCUT2D eigenvalue weighted by Gasteiger charge is -2.12. The van der Waals surface area contributed by atoms with E-state index in [4.69, 9.17) is 11.5 Å². The van der Waals surface area contributed by atoms with Crippen molar-refractivity contribution >= 4 is 11.8 Å². The molecule has 0 rings (SSSR count). The molecule has 0 bridgehead atoms. The van der Waals surface area contributed by atoms with E-state index in [9.17, 15) is 9.59 Å². The van der Waals surface area contributed by atoms with Gasteiger partial charge in [-0.15, -0.1) is 0 Å². The Hall–Kier alpha value is -2.36. The molecular formula is C12H14N2O2. The Morgan fingerprint density at radius 1 is 0.562 bits per heavy atom. The van der Waals surface area contributed by atoms with Crippen LogP contribution in [0.4, 0.5) is 0 Å². The van der Waals surface area contributed by atoms with Crippen LogP contribution in [0.15, 0.2) is 60.8 Å². The summed E-state index contributed by atoms with van der Waals surface area (Å²) in [5, 5.41) is 0. The molecular weight excluding hydrogens is 204 g/mol. The van der Waals surface area contributed by atoms with Crippen LogP contribution >= 0.6 is 0 Å². The molecule has 16 heavy (non-hydrogen) atoms. The zero-order valence-corrected chi connectivity index (χ0v) is 9.01. The summed E-state index contributed by atoms with van der Waals surface area (Å²) >= 11 is 0. The number of hydrogen-bond donors (Lipinski definition) is 2. The van der Waals surface area contributed by atoms with Gasteiger partial charge in [-0.25, -0.2) is 0 Å². The molecule has 0 aliphatic rings. The summed E-state index contributed by atoms with van der Waals surface area (Å²) in [7, 11) is 0. The number of allylic oxidation sites excluding steroid dienone is 1. The van der Waals surface area contributed by atoms with E-state index in [0.29, 0.717) is 0 Å².